The van der Waals surface area contributed by atoms with Gasteiger partial charge in [-0.2, -0.15) is 13.2 Å². The highest BCUT2D eigenvalue weighted by Crippen LogP contribution is 2.32. The summed E-state index contributed by atoms with van der Waals surface area (Å²) in [5.74, 6) is 9.68. The van der Waals surface area contributed by atoms with Crippen LogP contribution in [0, 0.1) is 17.7 Å². The summed E-state index contributed by atoms with van der Waals surface area (Å²) < 4.78 is 51.1. The van der Waals surface area contributed by atoms with E-state index in [9.17, 15) is 17.6 Å². The molecule has 0 amide bonds. The molecule has 0 aliphatic rings. The minimum atomic E-state index is -4.52. The molecule has 0 aliphatic heterocycles. The molecule has 0 saturated heterocycles. The number of nitrogens with one attached hydrogen (secondary N) is 1. The second-order valence-electron chi connectivity index (χ2n) is 3.58. The smallest absolute Gasteiger partial charge is 0.271 e. The van der Waals surface area contributed by atoms with Crippen molar-refractivity contribution in [2.45, 2.75) is 25.6 Å². The van der Waals surface area contributed by atoms with Crippen molar-refractivity contribution in [2.24, 2.45) is 5.84 Å². The van der Waals surface area contributed by atoms with E-state index in [-0.39, 0.29) is 12.0 Å². The Morgan fingerprint density at radius 3 is 2.56 bits per heavy atom. The standard InChI is InChI=1S/C12H12F4N2/c1-2-3-4-11(18-17)9-7-8(12(14,15)16)5-6-10(9)13/h5-7,11,18H,4,17H2,1H3. The first-order valence-electron chi connectivity index (χ1n) is 5.12. The van der Waals surface area contributed by atoms with Gasteiger partial charge in [-0.15, -0.1) is 11.8 Å². The minimum absolute atomic E-state index is 0.130. The lowest BCUT2D eigenvalue weighted by molar-refractivity contribution is -0.137. The van der Waals surface area contributed by atoms with Gasteiger partial charge in [0.15, 0.2) is 0 Å². The number of alkyl halides is 3. The van der Waals surface area contributed by atoms with Crippen LogP contribution in [0.1, 0.15) is 30.5 Å². The van der Waals surface area contributed by atoms with Gasteiger partial charge in [0.1, 0.15) is 5.82 Å². The lowest BCUT2D eigenvalue weighted by atomic mass is 10.0. The lowest BCUT2D eigenvalue weighted by Gasteiger charge is -2.16. The molecule has 98 valence electrons. The summed E-state index contributed by atoms with van der Waals surface area (Å²) in [6.07, 6.45) is -4.39. The van der Waals surface area contributed by atoms with E-state index in [0.717, 1.165) is 12.1 Å². The largest absolute Gasteiger partial charge is 0.416 e. The Morgan fingerprint density at radius 1 is 1.39 bits per heavy atom. The first kappa shape index (κ1) is 14.5. The second-order valence-corrected chi connectivity index (χ2v) is 3.58. The molecule has 0 bridgehead atoms. The fourth-order valence-corrected chi connectivity index (χ4v) is 1.45. The molecule has 0 spiro atoms. The average molecular weight is 260 g/mol. The number of benzene rings is 1. The van der Waals surface area contributed by atoms with Crippen molar-refractivity contribution in [2.75, 3.05) is 0 Å². The van der Waals surface area contributed by atoms with Gasteiger partial charge in [0.25, 0.3) is 0 Å². The van der Waals surface area contributed by atoms with Crippen molar-refractivity contribution in [1.82, 2.24) is 5.43 Å². The van der Waals surface area contributed by atoms with Crippen LogP contribution in [0.2, 0.25) is 0 Å². The van der Waals surface area contributed by atoms with Crippen molar-refractivity contribution in [3.8, 4) is 11.8 Å². The third-order valence-corrected chi connectivity index (χ3v) is 2.38. The highest BCUT2D eigenvalue weighted by molar-refractivity contribution is 5.30. The van der Waals surface area contributed by atoms with Crippen LogP contribution in [0.25, 0.3) is 0 Å². The number of hydrazine groups is 1. The SMILES string of the molecule is CC#CCC(NN)c1cc(C(F)(F)F)ccc1F. The van der Waals surface area contributed by atoms with Crippen molar-refractivity contribution >= 4 is 0 Å². The summed E-state index contributed by atoms with van der Waals surface area (Å²) in [5, 5.41) is 0. The van der Waals surface area contributed by atoms with E-state index in [1.165, 1.54) is 0 Å². The normalized spacial score (nSPS) is 12.8. The first-order valence-corrected chi connectivity index (χ1v) is 5.12. The van der Waals surface area contributed by atoms with Crippen molar-refractivity contribution in [3.05, 3.63) is 35.1 Å². The van der Waals surface area contributed by atoms with E-state index in [1.807, 2.05) is 0 Å². The third-order valence-electron chi connectivity index (χ3n) is 2.38. The van der Waals surface area contributed by atoms with E-state index in [4.69, 9.17) is 5.84 Å². The molecule has 1 aromatic rings. The van der Waals surface area contributed by atoms with Gasteiger partial charge >= 0.3 is 6.18 Å². The van der Waals surface area contributed by atoms with E-state index in [0.29, 0.717) is 6.07 Å². The molecule has 1 rings (SSSR count). The highest BCUT2D eigenvalue weighted by Gasteiger charge is 2.31. The maximum Gasteiger partial charge on any atom is 0.416 e. The summed E-state index contributed by atoms with van der Waals surface area (Å²) in [6.45, 7) is 1.58. The molecular weight excluding hydrogens is 248 g/mol. The summed E-state index contributed by atoms with van der Waals surface area (Å²) in [4.78, 5) is 0. The van der Waals surface area contributed by atoms with Gasteiger partial charge in [0, 0.05) is 12.0 Å². The molecule has 0 fully saturated rings. The second kappa shape index (κ2) is 5.85. The van der Waals surface area contributed by atoms with Crippen LogP contribution >= 0.6 is 0 Å². The van der Waals surface area contributed by atoms with E-state index >= 15 is 0 Å². The van der Waals surface area contributed by atoms with Crippen LogP contribution < -0.4 is 11.3 Å². The summed E-state index contributed by atoms with van der Waals surface area (Å²) in [5.41, 5.74) is 1.21. The topological polar surface area (TPSA) is 38.0 Å². The van der Waals surface area contributed by atoms with Crippen LogP contribution in [0.3, 0.4) is 0 Å². The molecule has 1 atom stereocenters. The van der Waals surface area contributed by atoms with Crippen LogP contribution in [0.4, 0.5) is 17.6 Å². The van der Waals surface area contributed by atoms with Crippen molar-refractivity contribution in [3.63, 3.8) is 0 Å². The van der Waals surface area contributed by atoms with Crippen molar-refractivity contribution < 1.29 is 17.6 Å². The molecule has 1 aromatic carbocycles. The Labute approximate surface area is 102 Å². The third kappa shape index (κ3) is 3.45. The van der Waals surface area contributed by atoms with Gasteiger partial charge in [-0.25, -0.2) is 4.39 Å². The molecular formula is C12H12F4N2. The fraction of sp³-hybridized carbons (Fsp3) is 0.333. The number of halogens is 4. The number of hydrogen-bond donors (Lipinski definition) is 2. The molecule has 6 heteroatoms. The first-order chi connectivity index (χ1) is 8.40. The van der Waals surface area contributed by atoms with Crippen LogP contribution in [0.5, 0.6) is 0 Å². The Hall–Kier alpha value is -1.58. The Morgan fingerprint density at radius 2 is 2.06 bits per heavy atom. The highest BCUT2D eigenvalue weighted by atomic mass is 19.4. The molecule has 0 aliphatic carbocycles. The maximum absolute atomic E-state index is 13.5. The maximum atomic E-state index is 13.5. The minimum Gasteiger partial charge on any atom is -0.271 e. The molecule has 3 N–H and O–H groups in total. The van der Waals surface area contributed by atoms with Gasteiger partial charge in [-0.3, -0.25) is 11.3 Å². The predicted molar refractivity (Wildman–Crippen MR) is 59.5 cm³/mol. The van der Waals surface area contributed by atoms with Gasteiger partial charge in [0.2, 0.25) is 0 Å². The molecule has 1 unspecified atom stereocenters. The van der Waals surface area contributed by atoms with Crippen LogP contribution in [-0.4, -0.2) is 0 Å². The fourth-order valence-electron chi connectivity index (χ4n) is 1.45. The van der Waals surface area contributed by atoms with Gasteiger partial charge < -0.3 is 0 Å². The zero-order valence-electron chi connectivity index (χ0n) is 9.61. The number of hydrogen-bond acceptors (Lipinski definition) is 2. The molecule has 2 nitrogen and oxygen atoms in total. The van der Waals surface area contributed by atoms with Crippen LogP contribution in [-0.2, 0) is 6.18 Å². The van der Waals surface area contributed by atoms with E-state index in [2.05, 4.69) is 17.3 Å². The molecule has 0 radical (unpaired) electrons. The Kier molecular flexibility index (Phi) is 4.70. The monoisotopic (exact) mass is 260 g/mol. The van der Waals surface area contributed by atoms with E-state index < -0.39 is 23.6 Å². The van der Waals surface area contributed by atoms with Gasteiger partial charge in [-0.05, 0) is 25.1 Å². The Balaban J connectivity index is 3.15. The number of nitrogens with two attached hydrogens (primary N) is 1. The lowest BCUT2D eigenvalue weighted by Crippen LogP contribution is -2.28. The molecule has 0 heterocycles. The van der Waals surface area contributed by atoms with Crippen molar-refractivity contribution in [1.29, 1.82) is 0 Å². The summed E-state index contributed by atoms with van der Waals surface area (Å²) in [6, 6.07) is 1.44. The zero-order chi connectivity index (χ0) is 13.8. The molecule has 0 saturated carbocycles. The predicted octanol–water partition coefficient (Wildman–Crippen LogP) is 2.76. The molecule has 0 aromatic heterocycles. The van der Waals surface area contributed by atoms with Gasteiger partial charge in [-0.1, -0.05) is 0 Å². The van der Waals surface area contributed by atoms with Gasteiger partial charge in [0.05, 0.1) is 11.6 Å². The average Bonchev–Trinajstić information content (AvgIpc) is 2.30. The van der Waals surface area contributed by atoms with E-state index in [1.54, 1.807) is 6.92 Å². The zero-order valence-corrected chi connectivity index (χ0v) is 9.61. The summed E-state index contributed by atoms with van der Waals surface area (Å²) >= 11 is 0. The quantitative estimate of drug-likeness (QED) is 0.379. The Bertz CT molecular complexity index is 471. The number of rotatable bonds is 3. The molecule has 18 heavy (non-hydrogen) atoms. The van der Waals surface area contributed by atoms with Crippen LogP contribution in [0.15, 0.2) is 18.2 Å². The summed E-state index contributed by atoms with van der Waals surface area (Å²) in [7, 11) is 0.